The number of aromatic nitrogens is 1. The molecule has 3 amide bonds. The molecule has 1 fully saturated rings. The Kier molecular flexibility index (Phi) is 6.92. The van der Waals surface area contributed by atoms with Gasteiger partial charge in [-0.3, -0.25) is 23.7 Å². The van der Waals surface area contributed by atoms with Gasteiger partial charge >= 0.3 is 4.87 Å². The summed E-state index contributed by atoms with van der Waals surface area (Å²) in [6.45, 7) is 1.67. The Labute approximate surface area is 243 Å². The van der Waals surface area contributed by atoms with Crippen LogP contribution in [0.25, 0.3) is 0 Å². The van der Waals surface area contributed by atoms with E-state index in [0.717, 1.165) is 28.7 Å². The van der Waals surface area contributed by atoms with E-state index in [0.29, 0.717) is 26.8 Å². The van der Waals surface area contributed by atoms with E-state index in [1.54, 1.807) is 48.5 Å². The van der Waals surface area contributed by atoms with E-state index >= 15 is 0 Å². The SMILES string of the molecule is COc1cc([C@@H]2c3sc(=O)n(CC(=O)Nc4ccccc4)c3S[C@@H]3C(=O)N(c4ccc(C)cc4)C(=O)[C@H]23)ccc1O. The van der Waals surface area contributed by atoms with Gasteiger partial charge < -0.3 is 15.2 Å². The number of carbonyl (C=O) groups is 3. The summed E-state index contributed by atoms with van der Waals surface area (Å²) in [4.78, 5) is 55.5. The fraction of sp³-hybridized carbons (Fsp3) is 0.200. The number of aromatic hydroxyl groups is 1. The molecular formula is C30H25N3O6S2. The fourth-order valence-corrected chi connectivity index (χ4v) is 8.09. The Morgan fingerprint density at radius 3 is 2.44 bits per heavy atom. The molecule has 0 unspecified atom stereocenters. The third-order valence-electron chi connectivity index (χ3n) is 7.26. The largest absolute Gasteiger partial charge is 0.504 e. The number of rotatable bonds is 6. The van der Waals surface area contributed by atoms with Crippen LogP contribution in [0.1, 0.15) is 21.9 Å². The van der Waals surface area contributed by atoms with Crippen LogP contribution in [0.15, 0.2) is 82.6 Å². The maximum atomic E-state index is 14.0. The van der Waals surface area contributed by atoms with Crippen LogP contribution in [0.3, 0.4) is 0 Å². The molecule has 208 valence electrons. The van der Waals surface area contributed by atoms with Crippen molar-refractivity contribution in [1.29, 1.82) is 0 Å². The molecule has 3 atom stereocenters. The van der Waals surface area contributed by atoms with Gasteiger partial charge in [0.15, 0.2) is 11.5 Å². The van der Waals surface area contributed by atoms with Crippen LogP contribution in [0, 0.1) is 12.8 Å². The Hall–Kier alpha value is -4.35. The van der Waals surface area contributed by atoms with E-state index < -0.39 is 17.1 Å². The minimum absolute atomic E-state index is 0.0725. The van der Waals surface area contributed by atoms with E-state index in [2.05, 4.69) is 5.32 Å². The van der Waals surface area contributed by atoms with Crippen LogP contribution >= 0.6 is 23.1 Å². The number of fused-ring (bicyclic) bond motifs is 2. The highest BCUT2D eigenvalue weighted by Gasteiger charge is 2.57. The number of phenolic OH excluding ortho intramolecular Hbond substituents is 1. The molecule has 2 N–H and O–H groups in total. The number of carbonyl (C=O) groups excluding carboxylic acids is 3. The second-order valence-corrected chi connectivity index (χ2v) is 12.0. The Morgan fingerprint density at radius 2 is 1.73 bits per heavy atom. The molecule has 9 nitrogen and oxygen atoms in total. The lowest BCUT2D eigenvalue weighted by molar-refractivity contribution is -0.122. The predicted octanol–water partition coefficient (Wildman–Crippen LogP) is 4.37. The molecular weight excluding hydrogens is 562 g/mol. The summed E-state index contributed by atoms with van der Waals surface area (Å²) in [7, 11) is 1.42. The topological polar surface area (TPSA) is 118 Å². The van der Waals surface area contributed by atoms with Gasteiger partial charge in [-0.15, -0.1) is 0 Å². The van der Waals surface area contributed by atoms with Gasteiger partial charge in [-0.2, -0.15) is 0 Å². The zero-order valence-corrected chi connectivity index (χ0v) is 23.7. The van der Waals surface area contributed by atoms with Crippen LogP contribution in [0.5, 0.6) is 11.5 Å². The highest BCUT2D eigenvalue weighted by Crippen LogP contribution is 2.54. The van der Waals surface area contributed by atoms with Crippen molar-refractivity contribution in [3.63, 3.8) is 0 Å². The second-order valence-electron chi connectivity index (χ2n) is 9.86. The number of thiazole rings is 1. The quantitative estimate of drug-likeness (QED) is 0.322. The lowest BCUT2D eigenvalue weighted by Crippen LogP contribution is -2.33. The highest BCUT2D eigenvalue weighted by molar-refractivity contribution is 8.00. The molecule has 0 radical (unpaired) electrons. The van der Waals surface area contributed by atoms with Gasteiger partial charge in [-0.05, 0) is 48.9 Å². The van der Waals surface area contributed by atoms with Gasteiger partial charge in [0.1, 0.15) is 11.8 Å². The summed E-state index contributed by atoms with van der Waals surface area (Å²) < 4.78 is 6.70. The zero-order chi connectivity index (χ0) is 28.8. The third-order valence-corrected chi connectivity index (χ3v) is 9.87. The first-order valence-corrected chi connectivity index (χ1v) is 14.5. The van der Waals surface area contributed by atoms with Gasteiger partial charge in [0.25, 0.3) is 0 Å². The molecule has 11 heteroatoms. The number of para-hydroxylation sites is 1. The summed E-state index contributed by atoms with van der Waals surface area (Å²) in [5.74, 6) is -2.48. The number of methoxy groups -OCH3 is 1. The van der Waals surface area contributed by atoms with Crippen molar-refractivity contribution in [2.24, 2.45) is 5.92 Å². The summed E-state index contributed by atoms with van der Waals surface area (Å²) in [5.41, 5.74) is 2.69. The minimum atomic E-state index is -0.821. The van der Waals surface area contributed by atoms with Crippen LogP contribution in [-0.2, 0) is 20.9 Å². The molecule has 1 aromatic heterocycles. The summed E-state index contributed by atoms with van der Waals surface area (Å²) in [6, 6.07) is 20.8. The number of thioether (sulfide) groups is 1. The van der Waals surface area contributed by atoms with E-state index in [1.165, 1.54) is 22.6 Å². The van der Waals surface area contributed by atoms with Crippen molar-refractivity contribution in [3.8, 4) is 11.5 Å². The Balaban J connectivity index is 1.44. The lowest BCUT2D eigenvalue weighted by Gasteiger charge is -2.31. The molecule has 1 saturated heterocycles. The summed E-state index contributed by atoms with van der Waals surface area (Å²) >= 11 is 2.11. The zero-order valence-electron chi connectivity index (χ0n) is 22.1. The number of aryl methyl sites for hydroxylation is 1. The summed E-state index contributed by atoms with van der Waals surface area (Å²) in [5, 5.41) is 12.7. The Bertz CT molecular complexity index is 1730. The standard InChI is InChI=1S/C30H25N3O6S2/c1-16-8-11-19(12-9-16)33-27(36)24-23(17-10-13-20(34)21(14-17)39-2)26-29(40-25(24)28(33)37)32(30(38)41-26)15-22(35)31-18-6-4-3-5-7-18/h3-14,23-25,34H,15H2,1-2H3,(H,31,35)/t23-,24+,25-/m0/s1. The smallest absolute Gasteiger partial charge is 0.308 e. The number of hydrogen-bond acceptors (Lipinski definition) is 8. The maximum Gasteiger partial charge on any atom is 0.308 e. The average molecular weight is 588 g/mol. The normalized spacial score (nSPS) is 19.6. The number of ether oxygens (including phenoxy) is 1. The first kappa shape index (κ1) is 26.9. The molecule has 3 heterocycles. The number of anilines is 2. The van der Waals surface area contributed by atoms with Crippen molar-refractivity contribution >= 4 is 52.2 Å². The predicted molar refractivity (Wildman–Crippen MR) is 157 cm³/mol. The van der Waals surface area contributed by atoms with Crippen LogP contribution < -0.4 is 19.8 Å². The number of imide groups is 1. The average Bonchev–Trinajstić information content (AvgIpc) is 3.40. The third kappa shape index (κ3) is 4.70. The van der Waals surface area contributed by atoms with Crippen LogP contribution in [0.2, 0.25) is 0 Å². The molecule has 0 saturated carbocycles. The van der Waals surface area contributed by atoms with Crippen molar-refractivity contribution in [1.82, 2.24) is 4.57 Å². The number of phenols is 1. The van der Waals surface area contributed by atoms with E-state index in [-0.39, 0.29) is 40.6 Å². The van der Waals surface area contributed by atoms with Gasteiger partial charge in [0.2, 0.25) is 17.7 Å². The molecule has 4 aromatic rings. The molecule has 6 rings (SSSR count). The molecule has 0 aliphatic carbocycles. The molecule has 2 aliphatic rings. The molecule has 0 bridgehead atoms. The Morgan fingerprint density at radius 1 is 1.00 bits per heavy atom. The first-order chi connectivity index (χ1) is 19.8. The number of hydrogen-bond donors (Lipinski definition) is 2. The van der Waals surface area contributed by atoms with Crippen LogP contribution in [0.4, 0.5) is 11.4 Å². The summed E-state index contributed by atoms with van der Waals surface area (Å²) in [6.07, 6.45) is 0. The first-order valence-electron chi connectivity index (χ1n) is 12.8. The van der Waals surface area contributed by atoms with E-state index in [1.807, 2.05) is 25.1 Å². The number of nitrogens with zero attached hydrogens (tertiary/aromatic N) is 2. The van der Waals surface area contributed by atoms with Gasteiger partial charge in [0, 0.05) is 16.5 Å². The lowest BCUT2D eigenvalue weighted by atomic mass is 9.83. The molecule has 0 spiro atoms. The number of amides is 3. The fourth-order valence-electron chi connectivity index (χ4n) is 5.32. The van der Waals surface area contributed by atoms with E-state index in [9.17, 15) is 24.3 Å². The minimum Gasteiger partial charge on any atom is -0.504 e. The van der Waals surface area contributed by atoms with Gasteiger partial charge in [0.05, 0.1) is 23.7 Å². The number of benzene rings is 3. The number of nitrogens with one attached hydrogen (secondary N) is 1. The van der Waals surface area contributed by atoms with Crippen molar-refractivity contribution in [3.05, 3.63) is 98.5 Å². The maximum absolute atomic E-state index is 14.0. The monoisotopic (exact) mass is 587 g/mol. The van der Waals surface area contributed by atoms with Crippen molar-refractivity contribution in [2.75, 3.05) is 17.3 Å². The molecule has 2 aliphatic heterocycles. The highest BCUT2D eigenvalue weighted by atomic mass is 32.2. The molecule has 3 aromatic carbocycles. The van der Waals surface area contributed by atoms with E-state index in [4.69, 9.17) is 4.74 Å². The molecule has 41 heavy (non-hydrogen) atoms. The second kappa shape index (κ2) is 10.6. The van der Waals surface area contributed by atoms with Gasteiger partial charge in [-0.1, -0.05) is 65.1 Å². The van der Waals surface area contributed by atoms with Crippen molar-refractivity contribution in [2.45, 2.75) is 29.7 Å². The van der Waals surface area contributed by atoms with Crippen LogP contribution in [-0.4, -0.2) is 39.8 Å². The van der Waals surface area contributed by atoms with Gasteiger partial charge in [-0.25, -0.2) is 4.90 Å². The van der Waals surface area contributed by atoms with Crippen molar-refractivity contribution < 1.29 is 24.2 Å².